The van der Waals surface area contributed by atoms with Gasteiger partial charge in [-0.1, -0.05) is 67.4 Å². The highest BCUT2D eigenvalue weighted by atomic mass is 32.2. The van der Waals surface area contributed by atoms with Gasteiger partial charge in [-0.2, -0.15) is 11.8 Å². The predicted molar refractivity (Wildman–Crippen MR) is 120 cm³/mol. The second-order valence-electron chi connectivity index (χ2n) is 7.56. The molecule has 0 radical (unpaired) electrons. The molecule has 30 heavy (non-hydrogen) atoms. The van der Waals surface area contributed by atoms with E-state index in [1.54, 1.807) is 0 Å². The molecule has 2 aromatic carbocycles. The van der Waals surface area contributed by atoms with E-state index in [4.69, 9.17) is 10.2 Å². The molecule has 6 heteroatoms. The van der Waals surface area contributed by atoms with Gasteiger partial charge in [0.2, 0.25) is 0 Å². The highest BCUT2D eigenvalue weighted by molar-refractivity contribution is 7.99. The zero-order valence-corrected chi connectivity index (χ0v) is 17.9. The molecule has 0 spiro atoms. The molecule has 0 bridgehead atoms. The van der Waals surface area contributed by atoms with Crippen LogP contribution in [0.2, 0.25) is 0 Å². The van der Waals surface area contributed by atoms with Crippen molar-refractivity contribution in [3.05, 3.63) is 71.3 Å². The molecule has 0 aliphatic heterocycles. The molecule has 0 aliphatic rings. The normalized spacial score (nSPS) is 13.0. The Morgan fingerprint density at radius 3 is 2.13 bits per heavy atom. The number of carbonyl (C=O) groups is 2. The highest BCUT2D eigenvalue weighted by Crippen LogP contribution is 2.21. The Morgan fingerprint density at radius 1 is 0.833 bits per heavy atom. The Hall–Kier alpha value is -2.31. The maximum absolute atomic E-state index is 11.1. The van der Waals surface area contributed by atoms with Crippen molar-refractivity contribution in [2.75, 3.05) is 11.5 Å². The smallest absolute Gasteiger partial charge is 0.337 e. The van der Waals surface area contributed by atoms with Gasteiger partial charge in [0.1, 0.15) is 0 Å². The molecule has 162 valence electrons. The standard InChI is InChI=1S/C24H30O5S/c25-22(26)17-24(29,23(27)28)18-30-15-9-2-1-6-12-20-13-7-8-14-21(20)16-19-10-4-3-5-11-19/h3-5,7-8,10-11,13-14,29H,1-2,6,9,12,15-18H2,(H,25,26)(H,27,28)/t24-/m0/s1. The molecule has 0 saturated heterocycles. The third-order valence-corrected chi connectivity index (χ3v) is 6.28. The number of carboxylic acids is 2. The lowest BCUT2D eigenvalue weighted by Crippen LogP contribution is -2.43. The maximum Gasteiger partial charge on any atom is 0.337 e. The summed E-state index contributed by atoms with van der Waals surface area (Å²) in [4.78, 5) is 21.8. The Balaban J connectivity index is 1.67. The first-order valence-electron chi connectivity index (χ1n) is 10.3. The average Bonchev–Trinajstić information content (AvgIpc) is 2.71. The number of hydrogen-bond acceptors (Lipinski definition) is 4. The summed E-state index contributed by atoms with van der Waals surface area (Å²) >= 11 is 1.29. The van der Waals surface area contributed by atoms with E-state index in [9.17, 15) is 14.7 Å². The van der Waals surface area contributed by atoms with Gasteiger partial charge in [0.25, 0.3) is 0 Å². The molecule has 2 aromatic rings. The number of aliphatic hydroxyl groups is 1. The SMILES string of the molecule is O=C(O)C[C@](O)(CSCCCCCCc1ccccc1Cc1ccccc1)C(=O)O. The number of thioether (sulfide) groups is 1. The van der Waals surface area contributed by atoms with Crippen LogP contribution in [-0.4, -0.2) is 44.4 Å². The summed E-state index contributed by atoms with van der Waals surface area (Å²) in [6, 6.07) is 19.0. The van der Waals surface area contributed by atoms with Crippen molar-refractivity contribution in [1.82, 2.24) is 0 Å². The van der Waals surface area contributed by atoms with E-state index in [2.05, 4.69) is 48.5 Å². The first-order valence-corrected chi connectivity index (χ1v) is 11.4. The molecule has 2 rings (SSSR count). The topological polar surface area (TPSA) is 94.8 Å². The Labute approximate surface area is 182 Å². The fraction of sp³-hybridized carbons (Fsp3) is 0.417. The van der Waals surface area contributed by atoms with Crippen molar-refractivity contribution in [3.63, 3.8) is 0 Å². The van der Waals surface area contributed by atoms with Gasteiger partial charge in [-0.05, 0) is 48.1 Å². The molecule has 0 heterocycles. The van der Waals surface area contributed by atoms with E-state index >= 15 is 0 Å². The van der Waals surface area contributed by atoms with E-state index in [1.165, 1.54) is 28.5 Å². The van der Waals surface area contributed by atoms with Crippen LogP contribution in [0, 0.1) is 0 Å². The minimum Gasteiger partial charge on any atom is -0.481 e. The van der Waals surface area contributed by atoms with Gasteiger partial charge in [-0.3, -0.25) is 4.79 Å². The van der Waals surface area contributed by atoms with Gasteiger partial charge in [0, 0.05) is 5.75 Å². The van der Waals surface area contributed by atoms with Crippen molar-refractivity contribution >= 4 is 23.7 Å². The number of rotatable bonds is 14. The van der Waals surface area contributed by atoms with Crippen LogP contribution in [0.5, 0.6) is 0 Å². The molecule has 0 unspecified atom stereocenters. The molecule has 0 fully saturated rings. The molecule has 0 amide bonds. The first kappa shape index (κ1) is 24.0. The van der Waals surface area contributed by atoms with Gasteiger partial charge >= 0.3 is 11.9 Å². The lowest BCUT2D eigenvalue weighted by atomic mass is 9.96. The number of aryl methyl sites for hydroxylation is 1. The predicted octanol–water partition coefficient (Wildman–Crippen LogP) is 4.40. The fourth-order valence-corrected chi connectivity index (χ4v) is 4.46. The monoisotopic (exact) mass is 430 g/mol. The van der Waals surface area contributed by atoms with Crippen LogP contribution in [0.15, 0.2) is 54.6 Å². The molecule has 3 N–H and O–H groups in total. The van der Waals surface area contributed by atoms with Gasteiger partial charge < -0.3 is 15.3 Å². The molecule has 0 saturated carbocycles. The van der Waals surface area contributed by atoms with Gasteiger partial charge in [-0.25, -0.2) is 4.79 Å². The van der Waals surface area contributed by atoms with Crippen molar-refractivity contribution in [3.8, 4) is 0 Å². The Morgan fingerprint density at radius 2 is 1.47 bits per heavy atom. The van der Waals surface area contributed by atoms with Crippen LogP contribution in [0.25, 0.3) is 0 Å². The Bertz CT molecular complexity index is 808. The molecular formula is C24H30O5S. The van der Waals surface area contributed by atoms with Crippen molar-refractivity contribution in [2.24, 2.45) is 0 Å². The average molecular weight is 431 g/mol. The molecule has 0 aromatic heterocycles. The summed E-state index contributed by atoms with van der Waals surface area (Å²) in [5.41, 5.74) is 1.87. The summed E-state index contributed by atoms with van der Waals surface area (Å²) in [5, 5.41) is 27.8. The van der Waals surface area contributed by atoms with Crippen LogP contribution in [-0.2, 0) is 22.4 Å². The Kier molecular flexibility index (Phi) is 9.91. The van der Waals surface area contributed by atoms with Crippen molar-refractivity contribution in [2.45, 2.75) is 50.5 Å². The molecule has 0 aliphatic carbocycles. The zero-order valence-electron chi connectivity index (χ0n) is 17.1. The number of hydrogen-bond donors (Lipinski definition) is 3. The second-order valence-corrected chi connectivity index (χ2v) is 8.66. The number of unbranched alkanes of at least 4 members (excludes halogenated alkanes) is 3. The minimum absolute atomic E-state index is 0.110. The largest absolute Gasteiger partial charge is 0.481 e. The second kappa shape index (κ2) is 12.4. The van der Waals surface area contributed by atoms with Crippen LogP contribution in [0.4, 0.5) is 0 Å². The zero-order chi connectivity index (χ0) is 21.8. The number of carboxylic acid groups (broad SMARTS) is 2. The summed E-state index contributed by atoms with van der Waals surface area (Å²) in [6.45, 7) is 0. The van der Waals surface area contributed by atoms with E-state index in [0.29, 0.717) is 5.75 Å². The summed E-state index contributed by atoms with van der Waals surface area (Å²) in [5.74, 6) is -2.19. The summed E-state index contributed by atoms with van der Waals surface area (Å²) in [6.07, 6.45) is 5.31. The van der Waals surface area contributed by atoms with Crippen LogP contribution in [0.3, 0.4) is 0 Å². The van der Waals surface area contributed by atoms with E-state index in [1.807, 2.05) is 6.07 Å². The first-order chi connectivity index (χ1) is 14.4. The van der Waals surface area contributed by atoms with Gasteiger partial charge in [-0.15, -0.1) is 0 Å². The third kappa shape index (κ3) is 8.20. The van der Waals surface area contributed by atoms with Gasteiger partial charge in [0.05, 0.1) is 6.42 Å². The maximum atomic E-state index is 11.1. The van der Waals surface area contributed by atoms with E-state index in [0.717, 1.165) is 38.5 Å². The van der Waals surface area contributed by atoms with Gasteiger partial charge in [0.15, 0.2) is 5.60 Å². The fourth-order valence-electron chi connectivity index (χ4n) is 3.34. The molecule has 1 atom stereocenters. The molecular weight excluding hydrogens is 400 g/mol. The van der Waals surface area contributed by atoms with Crippen molar-refractivity contribution in [1.29, 1.82) is 0 Å². The lowest BCUT2D eigenvalue weighted by Gasteiger charge is -2.20. The van der Waals surface area contributed by atoms with E-state index < -0.39 is 24.0 Å². The lowest BCUT2D eigenvalue weighted by molar-refractivity contribution is -0.162. The van der Waals surface area contributed by atoms with E-state index in [-0.39, 0.29) is 5.75 Å². The quantitative estimate of drug-likeness (QED) is 0.385. The highest BCUT2D eigenvalue weighted by Gasteiger charge is 2.38. The van der Waals surface area contributed by atoms with Crippen LogP contribution >= 0.6 is 11.8 Å². The minimum atomic E-state index is -2.20. The third-order valence-electron chi connectivity index (χ3n) is 5.02. The van der Waals surface area contributed by atoms with Crippen LogP contribution in [0.1, 0.15) is 48.8 Å². The van der Waals surface area contributed by atoms with Crippen molar-refractivity contribution < 1.29 is 24.9 Å². The van der Waals surface area contributed by atoms with Crippen LogP contribution < -0.4 is 0 Å². The molecule has 5 nitrogen and oxygen atoms in total. The number of aliphatic carboxylic acids is 2. The summed E-state index contributed by atoms with van der Waals surface area (Å²) in [7, 11) is 0. The number of benzene rings is 2. The summed E-state index contributed by atoms with van der Waals surface area (Å²) < 4.78 is 0.